The molecule has 1 aromatic rings. The van der Waals surface area contributed by atoms with Gasteiger partial charge in [0.25, 0.3) is 0 Å². The third kappa shape index (κ3) is 4.05. The maximum atomic E-state index is 12.0. The minimum absolute atomic E-state index is 0.254. The Balaban J connectivity index is 1.88. The molecule has 0 fully saturated rings. The van der Waals surface area contributed by atoms with Gasteiger partial charge in [-0.25, -0.2) is 0 Å². The van der Waals surface area contributed by atoms with Gasteiger partial charge in [-0.15, -0.1) is 0 Å². The van der Waals surface area contributed by atoms with Crippen molar-refractivity contribution in [2.45, 2.75) is 19.3 Å². The molecule has 20 heavy (non-hydrogen) atoms. The Labute approximate surface area is 120 Å². The molecular weight excluding hydrogens is 254 g/mol. The van der Waals surface area contributed by atoms with Crippen molar-refractivity contribution in [3.63, 3.8) is 0 Å². The lowest BCUT2D eigenvalue weighted by molar-refractivity contribution is 0.0984. The molecule has 0 unspecified atom stereocenters. The quantitative estimate of drug-likeness (QED) is 0.718. The summed E-state index contributed by atoms with van der Waals surface area (Å²) in [6.07, 6.45) is 2.48. The van der Waals surface area contributed by atoms with E-state index in [0.29, 0.717) is 13.0 Å². The number of carbonyl (C=O) groups is 1. The van der Waals surface area contributed by atoms with Crippen LogP contribution in [0.3, 0.4) is 0 Å². The van der Waals surface area contributed by atoms with Gasteiger partial charge in [-0.1, -0.05) is 12.1 Å². The van der Waals surface area contributed by atoms with Gasteiger partial charge in [-0.2, -0.15) is 0 Å². The van der Waals surface area contributed by atoms with Crippen LogP contribution in [0.2, 0.25) is 0 Å². The zero-order valence-corrected chi connectivity index (χ0v) is 12.1. The second-order valence-electron chi connectivity index (χ2n) is 4.99. The maximum Gasteiger partial charge on any atom is 0.165 e. The third-order valence-electron chi connectivity index (χ3n) is 3.52. The molecule has 0 aromatic heterocycles. The van der Waals surface area contributed by atoms with E-state index in [9.17, 15) is 4.79 Å². The monoisotopic (exact) mass is 277 g/mol. The summed E-state index contributed by atoms with van der Waals surface area (Å²) in [6.45, 7) is 3.90. The molecule has 0 saturated heterocycles. The van der Waals surface area contributed by atoms with Crippen molar-refractivity contribution in [1.29, 1.82) is 0 Å². The first kappa shape index (κ1) is 15.0. The molecule has 0 bridgehead atoms. The number of hydrogen-bond acceptors (Lipinski definition) is 4. The number of benzene rings is 1. The van der Waals surface area contributed by atoms with E-state index in [0.717, 1.165) is 50.4 Å². The molecule has 1 aromatic carbocycles. The zero-order valence-electron chi connectivity index (χ0n) is 12.1. The van der Waals surface area contributed by atoms with Crippen molar-refractivity contribution in [1.82, 2.24) is 0 Å². The molecular formula is C16H23NO3. The predicted molar refractivity (Wildman–Crippen MR) is 79.5 cm³/mol. The van der Waals surface area contributed by atoms with Gasteiger partial charge >= 0.3 is 0 Å². The normalized spacial score (nSPS) is 15.1. The molecule has 0 spiro atoms. The van der Waals surface area contributed by atoms with Gasteiger partial charge < -0.3 is 14.4 Å². The summed E-state index contributed by atoms with van der Waals surface area (Å²) in [5, 5.41) is 0. The summed E-state index contributed by atoms with van der Waals surface area (Å²) in [4.78, 5) is 14.3. The molecule has 0 atom stereocenters. The van der Waals surface area contributed by atoms with Crippen LogP contribution in [0.5, 0.6) is 0 Å². The largest absolute Gasteiger partial charge is 0.385 e. The highest BCUT2D eigenvalue weighted by atomic mass is 16.5. The maximum absolute atomic E-state index is 12.0. The van der Waals surface area contributed by atoms with E-state index >= 15 is 0 Å². The molecule has 4 heteroatoms. The van der Waals surface area contributed by atoms with Crippen LogP contribution in [0.25, 0.3) is 0 Å². The smallest absolute Gasteiger partial charge is 0.165 e. The number of para-hydroxylation sites is 1. The third-order valence-corrected chi connectivity index (χ3v) is 3.52. The molecule has 1 aliphatic rings. The van der Waals surface area contributed by atoms with Crippen LogP contribution in [-0.2, 0) is 9.47 Å². The number of nitrogens with zero attached hydrogens (tertiary/aromatic N) is 1. The Morgan fingerprint density at radius 2 is 2.05 bits per heavy atom. The number of methoxy groups -OCH3 is 1. The van der Waals surface area contributed by atoms with Gasteiger partial charge in [0.2, 0.25) is 0 Å². The SMILES string of the molecule is COCCCOCCN1CCCC(=O)c2ccccc21. The number of fused-ring (bicyclic) bond motifs is 1. The first-order valence-corrected chi connectivity index (χ1v) is 7.27. The van der Waals surface area contributed by atoms with E-state index < -0.39 is 0 Å². The average molecular weight is 277 g/mol. The first-order chi connectivity index (χ1) is 9.83. The van der Waals surface area contributed by atoms with Gasteiger partial charge in [0.15, 0.2) is 5.78 Å². The number of ether oxygens (including phenoxy) is 2. The lowest BCUT2D eigenvalue weighted by Crippen LogP contribution is -2.28. The van der Waals surface area contributed by atoms with E-state index in [-0.39, 0.29) is 5.78 Å². The summed E-state index contributed by atoms with van der Waals surface area (Å²) in [5.74, 6) is 0.254. The van der Waals surface area contributed by atoms with Crippen molar-refractivity contribution >= 4 is 11.5 Å². The lowest BCUT2D eigenvalue weighted by Gasteiger charge is -2.24. The number of hydrogen-bond donors (Lipinski definition) is 0. The minimum atomic E-state index is 0.254. The van der Waals surface area contributed by atoms with E-state index in [2.05, 4.69) is 4.90 Å². The van der Waals surface area contributed by atoms with Crippen LogP contribution in [0.15, 0.2) is 24.3 Å². The van der Waals surface area contributed by atoms with Crippen LogP contribution < -0.4 is 4.90 Å². The van der Waals surface area contributed by atoms with Crippen molar-refractivity contribution in [2.24, 2.45) is 0 Å². The van der Waals surface area contributed by atoms with Crippen LogP contribution in [0.4, 0.5) is 5.69 Å². The fraction of sp³-hybridized carbons (Fsp3) is 0.562. The van der Waals surface area contributed by atoms with Crippen LogP contribution in [0, 0.1) is 0 Å². The standard InChI is InChI=1S/C16H23NO3/c1-19-11-5-12-20-13-10-17-9-4-8-16(18)14-6-2-3-7-15(14)17/h2-3,6-7H,4-5,8-13H2,1H3. The van der Waals surface area contributed by atoms with Gasteiger partial charge in [0.1, 0.15) is 0 Å². The Bertz CT molecular complexity index is 433. The van der Waals surface area contributed by atoms with E-state index in [4.69, 9.17) is 9.47 Å². The molecule has 1 aliphatic heterocycles. The summed E-state index contributed by atoms with van der Waals surface area (Å²) < 4.78 is 10.6. The van der Waals surface area contributed by atoms with E-state index in [1.54, 1.807) is 7.11 Å². The highest BCUT2D eigenvalue weighted by Crippen LogP contribution is 2.25. The van der Waals surface area contributed by atoms with Crippen LogP contribution >= 0.6 is 0 Å². The summed E-state index contributed by atoms with van der Waals surface area (Å²) in [7, 11) is 1.70. The summed E-state index contributed by atoms with van der Waals surface area (Å²) in [6, 6.07) is 7.88. The number of ketones is 1. The number of carbonyl (C=O) groups excluding carboxylic acids is 1. The lowest BCUT2D eigenvalue weighted by atomic mass is 10.1. The van der Waals surface area contributed by atoms with Gasteiger partial charge in [0, 0.05) is 51.1 Å². The fourth-order valence-electron chi connectivity index (χ4n) is 2.49. The van der Waals surface area contributed by atoms with Gasteiger partial charge in [0.05, 0.1) is 6.61 Å². The summed E-state index contributed by atoms with van der Waals surface area (Å²) >= 11 is 0. The number of anilines is 1. The van der Waals surface area contributed by atoms with Crippen molar-refractivity contribution < 1.29 is 14.3 Å². The summed E-state index contributed by atoms with van der Waals surface area (Å²) in [5.41, 5.74) is 1.90. The Morgan fingerprint density at radius 1 is 1.20 bits per heavy atom. The van der Waals surface area contributed by atoms with Crippen molar-refractivity contribution in [3.05, 3.63) is 29.8 Å². The Morgan fingerprint density at radius 3 is 2.90 bits per heavy atom. The number of Topliss-reactive ketones (excluding diaryl/α,β-unsaturated/α-hetero) is 1. The predicted octanol–water partition coefficient (Wildman–Crippen LogP) is 2.52. The fourth-order valence-corrected chi connectivity index (χ4v) is 2.49. The molecule has 0 saturated carbocycles. The number of rotatable bonds is 7. The molecule has 0 radical (unpaired) electrons. The van der Waals surface area contributed by atoms with Crippen LogP contribution in [-0.4, -0.2) is 45.8 Å². The molecule has 0 amide bonds. The molecule has 4 nitrogen and oxygen atoms in total. The van der Waals surface area contributed by atoms with Gasteiger partial charge in [-0.05, 0) is 25.0 Å². The average Bonchev–Trinajstić information content (AvgIpc) is 2.63. The van der Waals surface area contributed by atoms with E-state index in [1.165, 1.54) is 0 Å². The molecule has 110 valence electrons. The Hall–Kier alpha value is -1.39. The van der Waals surface area contributed by atoms with Crippen molar-refractivity contribution in [2.75, 3.05) is 44.9 Å². The Kier molecular flexibility index (Phi) is 6.02. The second-order valence-corrected chi connectivity index (χ2v) is 4.99. The van der Waals surface area contributed by atoms with Gasteiger partial charge in [-0.3, -0.25) is 4.79 Å². The van der Waals surface area contributed by atoms with Crippen molar-refractivity contribution in [3.8, 4) is 0 Å². The highest BCUT2D eigenvalue weighted by Gasteiger charge is 2.19. The molecule has 0 N–H and O–H groups in total. The highest BCUT2D eigenvalue weighted by molar-refractivity contribution is 6.01. The molecule has 1 heterocycles. The zero-order chi connectivity index (χ0) is 14.2. The molecule has 0 aliphatic carbocycles. The first-order valence-electron chi connectivity index (χ1n) is 7.27. The minimum Gasteiger partial charge on any atom is -0.385 e. The molecule has 2 rings (SSSR count). The second kappa shape index (κ2) is 8.02. The topological polar surface area (TPSA) is 38.8 Å². The van der Waals surface area contributed by atoms with E-state index in [1.807, 2.05) is 24.3 Å². The van der Waals surface area contributed by atoms with Crippen LogP contribution in [0.1, 0.15) is 29.6 Å².